The third-order valence-corrected chi connectivity index (χ3v) is 4.74. The van der Waals surface area contributed by atoms with Crippen LogP contribution in [0.5, 0.6) is 0 Å². The fourth-order valence-corrected chi connectivity index (χ4v) is 2.97. The smallest absolute Gasteiger partial charge is 0.237 e. The molecule has 0 bridgehead atoms. The summed E-state index contributed by atoms with van der Waals surface area (Å²) in [7, 11) is 0. The van der Waals surface area contributed by atoms with Gasteiger partial charge in [-0.05, 0) is 22.9 Å². The van der Waals surface area contributed by atoms with Crippen molar-refractivity contribution in [3.63, 3.8) is 0 Å². The number of rotatable bonds is 6. The van der Waals surface area contributed by atoms with E-state index in [1.54, 1.807) is 11.3 Å². The van der Waals surface area contributed by atoms with Gasteiger partial charge in [0.15, 0.2) is 0 Å². The van der Waals surface area contributed by atoms with Crippen LogP contribution in [0.4, 0.5) is 0 Å². The number of nitrogens with one attached hydrogen (secondary N) is 1. The minimum Gasteiger partial charge on any atom is -0.343 e. The van der Waals surface area contributed by atoms with Crippen LogP contribution < -0.4 is 11.1 Å². The molecule has 3 atom stereocenters. The average molecular weight is 302 g/mol. The second-order valence-electron chi connectivity index (χ2n) is 5.28. The Morgan fingerprint density at radius 2 is 1.95 bits per heavy atom. The third kappa shape index (κ3) is 3.93. The number of hydrogen-bond donors (Lipinski definition) is 2. The van der Waals surface area contributed by atoms with Crippen molar-refractivity contribution in [2.24, 2.45) is 11.7 Å². The molecule has 3 unspecified atom stereocenters. The summed E-state index contributed by atoms with van der Waals surface area (Å²) < 4.78 is 0. The molecule has 0 saturated carbocycles. The van der Waals surface area contributed by atoms with E-state index in [4.69, 9.17) is 5.73 Å². The van der Waals surface area contributed by atoms with Crippen LogP contribution in [-0.4, -0.2) is 11.9 Å². The van der Waals surface area contributed by atoms with Gasteiger partial charge < -0.3 is 11.1 Å². The predicted molar refractivity (Wildman–Crippen MR) is 88.2 cm³/mol. The standard InChI is InChI=1S/C17H22N2OS/c1-3-12(2)15(18)17(20)19-16(14-10-7-11-21-14)13-8-5-4-6-9-13/h4-12,15-16H,3,18H2,1-2H3,(H,19,20). The lowest BCUT2D eigenvalue weighted by atomic mass is 9.98. The molecule has 1 aromatic heterocycles. The first kappa shape index (κ1) is 15.7. The molecule has 3 N–H and O–H groups in total. The lowest BCUT2D eigenvalue weighted by Gasteiger charge is -2.23. The molecule has 1 heterocycles. The van der Waals surface area contributed by atoms with Crippen LogP contribution in [0.2, 0.25) is 0 Å². The SMILES string of the molecule is CCC(C)C(N)C(=O)NC(c1ccccc1)c1cccs1. The molecule has 0 radical (unpaired) electrons. The van der Waals surface area contributed by atoms with Gasteiger partial charge in [0, 0.05) is 4.88 Å². The van der Waals surface area contributed by atoms with Gasteiger partial charge in [0.2, 0.25) is 5.91 Å². The van der Waals surface area contributed by atoms with E-state index >= 15 is 0 Å². The largest absolute Gasteiger partial charge is 0.343 e. The maximum absolute atomic E-state index is 12.4. The number of carbonyl (C=O) groups is 1. The third-order valence-electron chi connectivity index (χ3n) is 3.81. The first-order chi connectivity index (χ1) is 10.1. The van der Waals surface area contributed by atoms with E-state index in [-0.39, 0.29) is 17.9 Å². The van der Waals surface area contributed by atoms with Crippen LogP contribution >= 0.6 is 11.3 Å². The van der Waals surface area contributed by atoms with Crippen molar-refractivity contribution in [1.29, 1.82) is 0 Å². The van der Waals surface area contributed by atoms with Gasteiger partial charge in [-0.25, -0.2) is 0 Å². The number of amides is 1. The Labute approximate surface area is 130 Å². The molecule has 2 aromatic rings. The first-order valence-corrected chi connectivity index (χ1v) is 8.15. The van der Waals surface area contributed by atoms with Crippen molar-refractivity contribution < 1.29 is 4.79 Å². The van der Waals surface area contributed by atoms with E-state index in [0.29, 0.717) is 0 Å². The zero-order valence-corrected chi connectivity index (χ0v) is 13.3. The second kappa shape index (κ2) is 7.38. The Morgan fingerprint density at radius 1 is 1.24 bits per heavy atom. The van der Waals surface area contributed by atoms with Crippen molar-refractivity contribution in [3.05, 3.63) is 58.3 Å². The number of thiophene rings is 1. The lowest BCUT2D eigenvalue weighted by Crippen LogP contribution is -2.45. The van der Waals surface area contributed by atoms with E-state index in [0.717, 1.165) is 16.9 Å². The van der Waals surface area contributed by atoms with Gasteiger partial charge >= 0.3 is 0 Å². The van der Waals surface area contributed by atoms with Crippen molar-refractivity contribution in [2.75, 3.05) is 0 Å². The highest BCUT2D eigenvalue weighted by atomic mass is 32.1. The van der Waals surface area contributed by atoms with Crippen molar-refractivity contribution in [3.8, 4) is 0 Å². The molecule has 3 nitrogen and oxygen atoms in total. The fourth-order valence-electron chi connectivity index (χ4n) is 2.17. The van der Waals surface area contributed by atoms with Crippen LogP contribution in [0, 0.1) is 5.92 Å². The molecular formula is C17H22N2OS. The Morgan fingerprint density at radius 3 is 2.52 bits per heavy atom. The maximum atomic E-state index is 12.4. The summed E-state index contributed by atoms with van der Waals surface area (Å²) in [5, 5.41) is 5.12. The van der Waals surface area contributed by atoms with Crippen molar-refractivity contribution in [2.45, 2.75) is 32.4 Å². The molecule has 2 rings (SSSR count). The monoisotopic (exact) mass is 302 g/mol. The van der Waals surface area contributed by atoms with Crippen LogP contribution in [0.1, 0.15) is 36.8 Å². The zero-order valence-electron chi connectivity index (χ0n) is 12.5. The second-order valence-corrected chi connectivity index (χ2v) is 6.26. The summed E-state index contributed by atoms with van der Waals surface area (Å²) in [4.78, 5) is 13.5. The predicted octanol–water partition coefficient (Wildman–Crippen LogP) is 3.33. The zero-order chi connectivity index (χ0) is 15.2. The van der Waals surface area contributed by atoms with E-state index in [1.165, 1.54) is 0 Å². The highest BCUT2D eigenvalue weighted by Crippen LogP contribution is 2.26. The number of benzene rings is 1. The maximum Gasteiger partial charge on any atom is 0.237 e. The molecule has 0 aliphatic heterocycles. The van der Waals surface area contributed by atoms with Crippen molar-refractivity contribution >= 4 is 17.2 Å². The molecule has 21 heavy (non-hydrogen) atoms. The van der Waals surface area contributed by atoms with Gasteiger partial charge in [-0.1, -0.05) is 56.7 Å². The Kier molecular flexibility index (Phi) is 5.53. The number of carbonyl (C=O) groups excluding carboxylic acids is 1. The Balaban J connectivity index is 2.20. The van der Waals surface area contributed by atoms with Crippen molar-refractivity contribution in [1.82, 2.24) is 5.32 Å². The summed E-state index contributed by atoms with van der Waals surface area (Å²) in [6, 6.07) is 13.4. The van der Waals surface area contributed by atoms with E-state index in [1.807, 2.05) is 61.7 Å². The lowest BCUT2D eigenvalue weighted by molar-refractivity contribution is -0.123. The minimum atomic E-state index is -0.471. The molecule has 0 fully saturated rings. The minimum absolute atomic E-state index is 0.0911. The molecule has 0 aliphatic rings. The topological polar surface area (TPSA) is 55.1 Å². The van der Waals surface area contributed by atoms with E-state index in [2.05, 4.69) is 5.32 Å². The molecule has 1 aromatic carbocycles. The number of nitrogens with two attached hydrogens (primary N) is 1. The molecule has 0 spiro atoms. The molecule has 112 valence electrons. The molecule has 4 heteroatoms. The quantitative estimate of drug-likeness (QED) is 0.860. The van der Waals surface area contributed by atoms with Crippen LogP contribution in [0.25, 0.3) is 0 Å². The van der Waals surface area contributed by atoms with Crippen LogP contribution in [0.3, 0.4) is 0 Å². The van der Waals surface area contributed by atoms with Gasteiger partial charge in [0.1, 0.15) is 0 Å². The molecule has 0 aliphatic carbocycles. The Hall–Kier alpha value is -1.65. The summed E-state index contributed by atoms with van der Waals surface area (Å²) in [6.45, 7) is 4.05. The average Bonchev–Trinajstić information content (AvgIpc) is 3.05. The first-order valence-electron chi connectivity index (χ1n) is 7.27. The normalized spacial score (nSPS) is 15.2. The van der Waals surface area contributed by atoms with E-state index in [9.17, 15) is 4.79 Å². The summed E-state index contributed by atoms with van der Waals surface area (Å²) in [6.07, 6.45) is 0.892. The fraction of sp³-hybridized carbons (Fsp3) is 0.353. The highest BCUT2D eigenvalue weighted by molar-refractivity contribution is 7.10. The van der Waals surface area contributed by atoms with Gasteiger partial charge in [-0.15, -0.1) is 11.3 Å². The van der Waals surface area contributed by atoms with Gasteiger partial charge in [0.25, 0.3) is 0 Å². The molecule has 1 amide bonds. The summed E-state index contributed by atoms with van der Waals surface area (Å²) >= 11 is 1.64. The van der Waals surface area contributed by atoms with Crippen LogP contribution in [-0.2, 0) is 4.79 Å². The van der Waals surface area contributed by atoms with Crippen LogP contribution in [0.15, 0.2) is 47.8 Å². The van der Waals surface area contributed by atoms with Gasteiger partial charge in [-0.3, -0.25) is 4.79 Å². The molecular weight excluding hydrogens is 280 g/mol. The summed E-state index contributed by atoms with van der Waals surface area (Å²) in [5.41, 5.74) is 7.12. The number of hydrogen-bond acceptors (Lipinski definition) is 3. The highest BCUT2D eigenvalue weighted by Gasteiger charge is 2.24. The van der Waals surface area contributed by atoms with E-state index < -0.39 is 6.04 Å². The Bertz CT molecular complexity index is 553. The molecule has 0 saturated heterocycles. The van der Waals surface area contributed by atoms with Gasteiger partial charge in [0.05, 0.1) is 12.1 Å². The van der Waals surface area contributed by atoms with Gasteiger partial charge in [-0.2, -0.15) is 0 Å². The summed E-state index contributed by atoms with van der Waals surface area (Å²) in [5.74, 6) is 0.0800.